The third-order valence-electron chi connectivity index (χ3n) is 4.46. The first kappa shape index (κ1) is 16.0. The molecule has 4 heterocycles. The van der Waals surface area contributed by atoms with E-state index in [1.807, 2.05) is 30.3 Å². The highest BCUT2D eigenvalue weighted by molar-refractivity contribution is 7.21. The minimum absolute atomic E-state index is 0.0625. The van der Waals surface area contributed by atoms with Crippen LogP contribution in [-0.4, -0.2) is 33.9 Å². The second-order valence-corrected chi connectivity index (χ2v) is 7.08. The minimum Gasteiger partial charge on any atom is -0.350 e. The Kier molecular flexibility index (Phi) is 4.56. The molecule has 128 valence electrons. The molecule has 1 fully saturated rings. The van der Waals surface area contributed by atoms with E-state index in [-0.39, 0.29) is 11.8 Å². The summed E-state index contributed by atoms with van der Waals surface area (Å²) in [5, 5.41) is 4.00. The number of pyridine rings is 2. The summed E-state index contributed by atoms with van der Waals surface area (Å²) < 4.78 is 0. The number of nitrogens with one attached hydrogen (secondary N) is 1. The number of anilines is 1. The molecule has 7 heteroatoms. The van der Waals surface area contributed by atoms with Gasteiger partial charge in [-0.15, -0.1) is 0 Å². The second kappa shape index (κ2) is 7.14. The van der Waals surface area contributed by atoms with Gasteiger partial charge in [0.25, 0.3) is 0 Å². The molecule has 0 unspecified atom stereocenters. The first-order valence-electron chi connectivity index (χ1n) is 8.44. The molecule has 0 spiro atoms. The smallest absolute Gasteiger partial charge is 0.223 e. The Morgan fingerprint density at radius 1 is 1.16 bits per heavy atom. The topological polar surface area (TPSA) is 71.0 Å². The van der Waals surface area contributed by atoms with Crippen LogP contribution in [0.2, 0.25) is 0 Å². The lowest BCUT2D eigenvalue weighted by molar-refractivity contribution is -0.125. The van der Waals surface area contributed by atoms with Gasteiger partial charge in [-0.3, -0.25) is 9.78 Å². The summed E-state index contributed by atoms with van der Waals surface area (Å²) >= 11 is 1.62. The summed E-state index contributed by atoms with van der Waals surface area (Å²) in [6.45, 7) is 2.19. The zero-order chi connectivity index (χ0) is 17.1. The van der Waals surface area contributed by atoms with Crippen molar-refractivity contribution in [3.63, 3.8) is 0 Å². The van der Waals surface area contributed by atoms with E-state index in [2.05, 4.69) is 25.2 Å². The van der Waals surface area contributed by atoms with Crippen LogP contribution >= 0.6 is 11.3 Å². The van der Waals surface area contributed by atoms with Crippen molar-refractivity contribution in [3.05, 3.63) is 48.4 Å². The maximum atomic E-state index is 12.4. The van der Waals surface area contributed by atoms with Crippen LogP contribution < -0.4 is 10.2 Å². The lowest BCUT2D eigenvalue weighted by atomic mass is 9.96. The fraction of sp³-hybridized carbons (Fsp3) is 0.333. The summed E-state index contributed by atoms with van der Waals surface area (Å²) in [4.78, 5) is 28.8. The molecule has 1 amide bonds. The van der Waals surface area contributed by atoms with Gasteiger partial charge in [-0.05, 0) is 37.1 Å². The van der Waals surface area contributed by atoms with Gasteiger partial charge in [0, 0.05) is 31.4 Å². The molecule has 25 heavy (non-hydrogen) atoms. The van der Waals surface area contributed by atoms with E-state index in [0.29, 0.717) is 6.54 Å². The Bertz CT molecular complexity index is 825. The SMILES string of the molecule is O=C(NCc1ccccn1)C1CCN(c2nc3cccnc3s2)CC1. The number of hydrogen-bond acceptors (Lipinski definition) is 6. The number of hydrogen-bond donors (Lipinski definition) is 1. The molecule has 1 aliphatic rings. The van der Waals surface area contributed by atoms with Crippen molar-refractivity contribution in [1.29, 1.82) is 0 Å². The standard InChI is InChI=1S/C18H19N5OS/c24-16(21-12-14-4-1-2-8-19-14)13-6-10-23(11-7-13)18-22-15-5-3-9-20-17(15)25-18/h1-5,8-9,13H,6-7,10-12H2,(H,21,24). The quantitative estimate of drug-likeness (QED) is 0.781. The second-order valence-electron chi connectivity index (χ2n) is 6.12. The van der Waals surface area contributed by atoms with Gasteiger partial charge in [0.15, 0.2) is 5.13 Å². The van der Waals surface area contributed by atoms with E-state index in [4.69, 9.17) is 0 Å². The molecule has 1 N–H and O–H groups in total. The summed E-state index contributed by atoms with van der Waals surface area (Å²) in [5.41, 5.74) is 1.83. The highest BCUT2D eigenvalue weighted by atomic mass is 32.1. The Morgan fingerprint density at radius 3 is 2.76 bits per heavy atom. The molecule has 0 atom stereocenters. The summed E-state index contributed by atoms with van der Waals surface area (Å²) in [5.74, 6) is 0.184. The van der Waals surface area contributed by atoms with Gasteiger partial charge in [0.05, 0.1) is 12.2 Å². The van der Waals surface area contributed by atoms with Gasteiger partial charge < -0.3 is 10.2 Å². The van der Waals surface area contributed by atoms with Gasteiger partial charge >= 0.3 is 0 Å². The number of amides is 1. The predicted octanol–water partition coefficient (Wildman–Crippen LogP) is 2.62. The maximum Gasteiger partial charge on any atom is 0.223 e. The zero-order valence-electron chi connectivity index (χ0n) is 13.8. The van der Waals surface area contributed by atoms with Gasteiger partial charge in [-0.25, -0.2) is 9.97 Å². The normalized spacial score (nSPS) is 15.4. The maximum absolute atomic E-state index is 12.4. The molecule has 1 aliphatic heterocycles. The number of thiazole rings is 1. The number of carbonyl (C=O) groups is 1. The van der Waals surface area contributed by atoms with Crippen LogP contribution in [0.15, 0.2) is 42.7 Å². The van der Waals surface area contributed by atoms with Crippen LogP contribution in [0.4, 0.5) is 5.13 Å². The van der Waals surface area contributed by atoms with Gasteiger partial charge in [0.2, 0.25) is 5.91 Å². The predicted molar refractivity (Wildman–Crippen MR) is 98.4 cm³/mol. The fourth-order valence-electron chi connectivity index (χ4n) is 3.05. The molecule has 0 saturated carbocycles. The van der Waals surface area contributed by atoms with E-state index in [9.17, 15) is 4.79 Å². The van der Waals surface area contributed by atoms with E-state index >= 15 is 0 Å². The van der Waals surface area contributed by atoms with E-state index in [0.717, 1.165) is 47.1 Å². The fourth-order valence-corrected chi connectivity index (χ4v) is 4.01. The molecule has 4 rings (SSSR count). The molecule has 1 saturated heterocycles. The molecule has 6 nitrogen and oxygen atoms in total. The van der Waals surface area contributed by atoms with Crippen LogP contribution in [0, 0.1) is 5.92 Å². The molecule has 0 aromatic carbocycles. The number of carbonyl (C=O) groups excluding carboxylic acids is 1. The first-order chi connectivity index (χ1) is 12.3. The van der Waals surface area contributed by atoms with Crippen molar-refractivity contribution >= 4 is 32.7 Å². The number of aromatic nitrogens is 3. The van der Waals surface area contributed by atoms with Crippen molar-refractivity contribution in [2.75, 3.05) is 18.0 Å². The molecular formula is C18H19N5OS. The van der Waals surface area contributed by atoms with Crippen molar-refractivity contribution in [2.45, 2.75) is 19.4 Å². The highest BCUT2D eigenvalue weighted by Crippen LogP contribution is 2.30. The average Bonchev–Trinajstić information content (AvgIpc) is 3.11. The van der Waals surface area contributed by atoms with Crippen LogP contribution in [0.25, 0.3) is 10.3 Å². The Balaban J connectivity index is 1.32. The van der Waals surface area contributed by atoms with Crippen molar-refractivity contribution in [2.24, 2.45) is 5.92 Å². The van der Waals surface area contributed by atoms with Gasteiger partial charge in [-0.1, -0.05) is 17.4 Å². The monoisotopic (exact) mass is 353 g/mol. The molecule has 0 aliphatic carbocycles. The van der Waals surface area contributed by atoms with Crippen LogP contribution in [-0.2, 0) is 11.3 Å². The van der Waals surface area contributed by atoms with E-state index in [1.165, 1.54) is 0 Å². The highest BCUT2D eigenvalue weighted by Gasteiger charge is 2.26. The molecular weight excluding hydrogens is 334 g/mol. The van der Waals surface area contributed by atoms with E-state index < -0.39 is 0 Å². The van der Waals surface area contributed by atoms with Crippen LogP contribution in [0.5, 0.6) is 0 Å². The average molecular weight is 353 g/mol. The van der Waals surface area contributed by atoms with Crippen LogP contribution in [0.1, 0.15) is 18.5 Å². The molecule has 3 aromatic rings. The number of rotatable bonds is 4. The van der Waals surface area contributed by atoms with Gasteiger partial charge in [0.1, 0.15) is 10.3 Å². The van der Waals surface area contributed by atoms with Crippen LogP contribution in [0.3, 0.4) is 0 Å². The van der Waals surface area contributed by atoms with Gasteiger partial charge in [-0.2, -0.15) is 0 Å². The lowest BCUT2D eigenvalue weighted by Gasteiger charge is -2.30. The number of nitrogens with zero attached hydrogens (tertiary/aromatic N) is 4. The van der Waals surface area contributed by atoms with E-state index in [1.54, 1.807) is 23.7 Å². The summed E-state index contributed by atoms with van der Waals surface area (Å²) in [6, 6.07) is 9.62. The third-order valence-corrected chi connectivity index (χ3v) is 5.50. The molecule has 0 radical (unpaired) electrons. The summed E-state index contributed by atoms with van der Waals surface area (Å²) in [6.07, 6.45) is 5.23. The van der Waals surface area contributed by atoms with Crippen molar-refractivity contribution < 1.29 is 4.79 Å². The summed E-state index contributed by atoms with van der Waals surface area (Å²) in [7, 11) is 0. The minimum atomic E-state index is 0.0625. The molecule has 3 aromatic heterocycles. The Hall–Kier alpha value is -2.54. The number of fused-ring (bicyclic) bond motifs is 1. The Morgan fingerprint density at radius 2 is 2.00 bits per heavy atom. The van der Waals surface area contributed by atoms with Crippen molar-refractivity contribution in [1.82, 2.24) is 20.3 Å². The zero-order valence-corrected chi connectivity index (χ0v) is 14.6. The lowest BCUT2D eigenvalue weighted by Crippen LogP contribution is -2.40. The molecule has 0 bridgehead atoms. The number of piperidine rings is 1. The largest absolute Gasteiger partial charge is 0.350 e. The Labute approximate surface area is 149 Å². The third kappa shape index (κ3) is 3.61. The first-order valence-corrected chi connectivity index (χ1v) is 9.25. The van der Waals surface area contributed by atoms with Crippen molar-refractivity contribution in [3.8, 4) is 0 Å².